The normalized spacial score (nSPS) is 18.5. The largest absolute Gasteiger partial charge is 0.397 e. The second-order valence-corrected chi connectivity index (χ2v) is 26.2. The molecule has 0 aromatic carbocycles. The molecule has 0 bridgehead atoms. The number of hydrogen-bond donors (Lipinski definition) is 6. The molecule has 1 saturated heterocycles. The van der Waals surface area contributed by atoms with Crippen molar-refractivity contribution >= 4 is 16.3 Å². The topological polar surface area (TPSA) is 192 Å². The van der Waals surface area contributed by atoms with E-state index in [1.807, 2.05) is 6.08 Å². The van der Waals surface area contributed by atoms with Gasteiger partial charge in [-0.05, 0) is 51.4 Å². The Morgan fingerprint density at radius 3 is 1.13 bits per heavy atom. The lowest BCUT2D eigenvalue weighted by Crippen LogP contribution is -2.61. The molecule has 1 aliphatic heterocycles. The summed E-state index contributed by atoms with van der Waals surface area (Å²) in [6, 6.07) is -0.945. The minimum atomic E-state index is -5.09. The van der Waals surface area contributed by atoms with Crippen molar-refractivity contribution in [3.05, 3.63) is 36.5 Å². The van der Waals surface area contributed by atoms with Gasteiger partial charge in [0.25, 0.3) is 0 Å². The van der Waals surface area contributed by atoms with Gasteiger partial charge in [0.05, 0.1) is 25.4 Å². The van der Waals surface area contributed by atoms with Crippen molar-refractivity contribution in [2.24, 2.45) is 0 Å². The highest BCUT2D eigenvalue weighted by Gasteiger charge is 2.48. The van der Waals surface area contributed by atoms with E-state index in [1.165, 1.54) is 283 Å². The highest BCUT2D eigenvalue weighted by molar-refractivity contribution is 7.80. The molecule has 1 fully saturated rings. The van der Waals surface area contributed by atoms with Crippen LogP contribution in [0.3, 0.4) is 0 Å². The number of rotatable bonds is 64. The van der Waals surface area contributed by atoms with E-state index in [9.17, 15) is 38.2 Å². The Kier molecular flexibility index (Phi) is 57.6. The van der Waals surface area contributed by atoms with E-state index < -0.39 is 59.9 Å². The third kappa shape index (κ3) is 51.2. The number of hydrogen-bond acceptors (Lipinski definition) is 10. The number of carbonyl (C=O) groups excluding carboxylic acids is 1. The minimum absolute atomic E-state index is 0.256. The maximum absolute atomic E-state index is 13.2. The minimum Gasteiger partial charge on any atom is -0.394 e. The van der Waals surface area contributed by atoms with Crippen molar-refractivity contribution in [2.45, 2.75) is 397 Å². The standard InChI is InChI=1S/C71H135NO11S/c1-3-5-7-9-11-13-15-17-19-21-23-25-27-29-30-31-32-33-34-35-36-37-39-41-43-45-47-49-51-53-55-57-59-61-67(75)72-64(63-81-71-69(77)70(83-84(78,79)80)68(76)66(62-73)82-71)65(74)60-58-56-54-52-50-48-46-44-42-40-38-28-26-24-22-20-18-16-14-12-10-8-6-4-2/h23,25,29-30,58,60,64-66,68-71,73-74,76-77H,3-22,24,26-28,31-57,59,61-63H2,1-2H3,(H,72,75)(H,78,79,80)/b25-23-,30-29-,60-58+. The number of ether oxygens (including phenoxy) is 2. The molecule has 1 amide bonds. The second kappa shape index (κ2) is 60.2. The van der Waals surface area contributed by atoms with E-state index in [2.05, 4.69) is 47.7 Å². The highest BCUT2D eigenvalue weighted by Crippen LogP contribution is 2.26. The summed E-state index contributed by atoms with van der Waals surface area (Å²) in [4.78, 5) is 13.2. The summed E-state index contributed by atoms with van der Waals surface area (Å²) in [5.74, 6) is -0.256. The summed E-state index contributed by atoms with van der Waals surface area (Å²) < 4.78 is 48.1. The van der Waals surface area contributed by atoms with Crippen LogP contribution >= 0.6 is 0 Å². The van der Waals surface area contributed by atoms with Crippen LogP contribution in [-0.4, -0.2) is 95.4 Å². The van der Waals surface area contributed by atoms with Crippen LogP contribution in [0.15, 0.2) is 36.5 Å². The molecular weight excluding hydrogens is 1070 g/mol. The van der Waals surface area contributed by atoms with Crippen LogP contribution < -0.4 is 5.32 Å². The molecule has 0 saturated carbocycles. The molecule has 0 spiro atoms. The Hall–Kier alpha value is -1.68. The molecule has 1 heterocycles. The second-order valence-electron chi connectivity index (χ2n) is 25.2. The third-order valence-electron chi connectivity index (χ3n) is 17.2. The van der Waals surface area contributed by atoms with Gasteiger partial charge in [0.2, 0.25) is 5.91 Å². The number of carbonyl (C=O) groups is 1. The molecule has 13 heteroatoms. The average molecular weight is 1210 g/mol. The first-order chi connectivity index (χ1) is 41.0. The summed E-state index contributed by atoms with van der Waals surface area (Å²) in [6.45, 7) is 3.46. The summed E-state index contributed by atoms with van der Waals surface area (Å²) in [7, 11) is -5.09. The van der Waals surface area contributed by atoms with Gasteiger partial charge in [-0.2, -0.15) is 8.42 Å². The molecule has 496 valence electrons. The summed E-state index contributed by atoms with van der Waals surface area (Å²) in [5, 5.41) is 45.2. The SMILES string of the molecule is CCCCCCCCCCC/C=C\C/C=C\CCCCCCCCCCCCCCCCCCCC(=O)NC(COC1OC(CO)C(O)C(OS(=O)(=O)O)C1O)C(O)/C=C/CCCCCCCCCCCCCCCCCCCCCCCC. The van der Waals surface area contributed by atoms with Crippen LogP contribution in [0, 0.1) is 0 Å². The van der Waals surface area contributed by atoms with Crippen molar-refractivity contribution in [2.75, 3.05) is 13.2 Å². The van der Waals surface area contributed by atoms with Gasteiger partial charge in [-0.1, -0.05) is 333 Å². The van der Waals surface area contributed by atoms with E-state index in [1.54, 1.807) is 6.08 Å². The zero-order valence-corrected chi connectivity index (χ0v) is 55.3. The smallest absolute Gasteiger partial charge is 0.394 e. The first kappa shape index (κ1) is 80.3. The van der Waals surface area contributed by atoms with Crippen molar-refractivity contribution in [1.29, 1.82) is 0 Å². The van der Waals surface area contributed by atoms with Crippen LogP contribution in [-0.2, 0) is 28.9 Å². The summed E-state index contributed by atoms with van der Waals surface area (Å²) in [5.41, 5.74) is 0. The fraction of sp³-hybridized carbons (Fsp3) is 0.901. The summed E-state index contributed by atoms with van der Waals surface area (Å²) >= 11 is 0. The Labute approximate surface area is 517 Å². The molecule has 7 atom stereocenters. The van der Waals surface area contributed by atoms with Crippen LogP contribution in [0.25, 0.3) is 0 Å². The lowest BCUT2D eigenvalue weighted by molar-refractivity contribution is -0.298. The molecule has 1 aliphatic rings. The quantitative estimate of drug-likeness (QED) is 0.0193. The number of aliphatic hydroxyl groups excluding tert-OH is 4. The van der Waals surface area contributed by atoms with E-state index in [0.29, 0.717) is 6.42 Å². The predicted molar refractivity (Wildman–Crippen MR) is 352 cm³/mol. The Bertz CT molecular complexity index is 1610. The molecule has 12 nitrogen and oxygen atoms in total. The Morgan fingerprint density at radius 1 is 0.476 bits per heavy atom. The molecule has 6 N–H and O–H groups in total. The molecule has 84 heavy (non-hydrogen) atoms. The molecule has 0 aromatic heterocycles. The lowest BCUT2D eigenvalue weighted by atomic mass is 9.99. The van der Waals surface area contributed by atoms with E-state index >= 15 is 0 Å². The van der Waals surface area contributed by atoms with E-state index in [-0.39, 0.29) is 18.9 Å². The van der Waals surface area contributed by atoms with E-state index in [4.69, 9.17) is 9.47 Å². The van der Waals surface area contributed by atoms with Crippen molar-refractivity contribution in [3.8, 4) is 0 Å². The molecule has 0 aromatic rings. The highest BCUT2D eigenvalue weighted by atomic mass is 32.3. The number of unbranched alkanes of at least 4 members (excludes halogenated alkanes) is 48. The Morgan fingerprint density at radius 2 is 0.798 bits per heavy atom. The van der Waals surface area contributed by atoms with Crippen molar-refractivity contribution < 1.29 is 51.8 Å². The van der Waals surface area contributed by atoms with E-state index in [0.717, 1.165) is 44.9 Å². The fourth-order valence-corrected chi connectivity index (χ4v) is 12.2. The zero-order chi connectivity index (χ0) is 61.1. The van der Waals surface area contributed by atoms with Crippen LogP contribution in [0.4, 0.5) is 0 Å². The number of allylic oxidation sites excluding steroid dienone is 5. The number of amides is 1. The lowest BCUT2D eigenvalue weighted by Gasteiger charge is -2.41. The average Bonchev–Trinajstić information content (AvgIpc) is 3.45. The van der Waals surface area contributed by atoms with Crippen molar-refractivity contribution in [1.82, 2.24) is 5.32 Å². The van der Waals surface area contributed by atoms with Gasteiger partial charge in [0.1, 0.15) is 24.4 Å². The maximum atomic E-state index is 13.2. The summed E-state index contributed by atoms with van der Waals surface area (Å²) in [6.07, 6.45) is 70.8. The van der Waals surface area contributed by atoms with Crippen LogP contribution in [0.2, 0.25) is 0 Å². The monoisotopic (exact) mass is 1210 g/mol. The fourth-order valence-electron chi connectivity index (χ4n) is 11.7. The first-order valence-corrected chi connectivity index (χ1v) is 37.2. The number of aliphatic hydroxyl groups is 4. The van der Waals surface area contributed by atoms with Crippen LogP contribution in [0.1, 0.15) is 354 Å². The zero-order valence-electron chi connectivity index (χ0n) is 54.5. The molecule has 0 radical (unpaired) electrons. The third-order valence-corrected chi connectivity index (χ3v) is 17.6. The number of nitrogens with one attached hydrogen (secondary N) is 1. The predicted octanol–water partition coefficient (Wildman–Crippen LogP) is 18.9. The molecule has 0 aliphatic carbocycles. The maximum Gasteiger partial charge on any atom is 0.397 e. The molecule has 7 unspecified atom stereocenters. The Balaban J connectivity index is 2.23. The van der Waals surface area contributed by atoms with Gasteiger partial charge in [-0.15, -0.1) is 0 Å². The van der Waals surface area contributed by atoms with Gasteiger partial charge in [0.15, 0.2) is 6.29 Å². The van der Waals surface area contributed by atoms with Gasteiger partial charge in [-0.25, -0.2) is 4.18 Å². The van der Waals surface area contributed by atoms with Crippen LogP contribution in [0.5, 0.6) is 0 Å². The molecule has 1 rings (SSSR count). The van der Waals surface area contributed by atoms with Gasteiger partial charge in [0, 0.05) is 6.42 Å². The molecular formula is C71H135NO11S. The van der Waals surface area contributed by atoms with Gasteiger partial charge in [-0.3, -0.25) is 9.35 Å². The van der Waals surface area contributed by atoms with Gasteiger partial charge >= 0.3 is 10.4 Å². The first-order valence-electron chi connectivity index (χ1n) is 35.9. The van der Waals surface area contributed by atoms with Crippen molar-refractivity contribution in [3.63, 3.8) is 0 Å². The van der Waals surface area contributed by atoms with Gasteiger partial charge < -0.3 is 35.2 Å².